The fraction of sp³-hybridized carbons (Fsp3) is 0.703. The van der Waals surface area contributed by atoms with Crippen LogP contribution in [0.2, 0.25) is 103 Å². The summed E-state index contributed by atoms with van der Waals surface area (Å²) < 4.78 is 70.5. The van der Waals surface area contributed by atoms with E-state index < -0.39 is 69.6 Å². The first-order valence-electron chi connectivity index (χ1n) is 33.0. The van der Waals surface area contributed by atoms with E-state index in [1.807, 2.05) is 21.2 Å². The summed E-state index contributed by atoms with van der Waals surface area (Å²) in [5.41, 5.74) is 4.42. The van der Waals surface area contributed by atoms with E-state index in [1.54, 1.807) is 40.1 Å². The molecule has 2 fully saturated rings. The van der Waals surface area contributed by atoms with Crippen LogP contribution < -0.4 is 9.80 Å². The lowest BCUT2D eigenvalue weighted by Gasteiger charge is -2.28. The number of rotatable bonds is 35. The standard InChI is InChI=1S/C30H50N4O6Si2.C24H42N4O3Si2.C10H19O7P/c1-9-39-30(36)29(40-23(2)35)25-12-10-24(11-13-25)26-20-28(34-27(32-26)14-15-31-34)33(21-37-16-18-41(3,4)5)22-38-17-19-42(6,7)8;1-32(2,3)15-13-30-18-27(19-31-14-16-33(4,5)6)24-17-22(20-7-9-21(29)10-8-20)26-23-11-12-25-28(23)24;1-5-14-9(12)10(17-8(4)11)18(13,15-6-2)16-7-3/h14-15,20,24H,9-13,16-19,21-22H2,1-8H3;11-12,17,20H,7-10,13-16,18-19H2,1-6H3;10H,5-7H2,1-4H3. The van der Waals surface area contributed by atoms with Gasteiger partial charge in [-0.2, -0.15) is 19.2 Å². The summed E-state index contributed by atoms with van der Waals surface area (Å²) >= 11 is 0. The first-order valence-corrected chi connectivity index (χ1v) is 49.5. The molecule has 0 aliphatic heterocycles. The molecule has 0 N–H and O–H groups in total. The van der Waals surface area contributed by atoms with E-state index in [4.69, 9.17) is 56.9 Å². The average Bonchev–Trinajstić information content (AvgIpc) is 1.77. The number of Topliss-reactive ketones (excluding diaryl/α,β-unsaturated/α-hetero) is 1. The lowest BCUT2D eigenvalue weighted by atomic mass is 9.83. The van der Waals surface area contributed by atoms with E-state index in [1.165, 1.54) is 6.92 Å². The summed E-state index contributed by atoms with van der Waals surface area (Å²) in [6.45, 7) is 42.2. The van der Waals surface area contributed by atoms with Crippen molar-refractivity contribution < 1.29 is 75.5 Å². The van der Waals surface area contributed by atoms with Crippen molar-refractivity contribution in [2.24, 2.45) is 0 Å². The van der Waals surface area contributed by atoms with Crippen molar-refractivity contribution in [3.05, 3.63) is 59.4 Å². The molecule has 6 rings (SSSR count). The van der Waals surface area contributed by atoms with E-state index in [0.29, 0.717) is 77.5 Å². The highest BCUT2D eigenvalue weighted by molar-refractivity contribution is 7.55. The molecular weight excluding hydrogens is 1280 g/mol. The summed E-state index contributed by atoms with van der Waals surface area (Å²) in [6, 6.07) is 12.5. The maximum absolute atomic E-state index is 12.5. The summed E-state index contributed by atoms with van der Waals surface area (Å²) in [4.78, 5) is 72.6. The van der Waals surface area contributed by atoms with Gasteiger partial charge in [-0.05, 0) is 96.0 Å². The largest absolute Gasteiger partial charge is 0.463 e. The molecule has 29 heteroatoms. The normalized spacial score (nSPS) is 15.4. The lowest BCUT2D eigenvalue weighted by molar-refractivity contribution is -0.161. The third kappa shape index (κ3) is 29.1. The minimum absolute atomic E-state index is 0.0415. The molecule has 24 nitrogen and oxygen atoms in total. The predicted octanol–water partition coefficient (Wildman–Crippen LogP) is 13.3. The van der Waals surface area contributed by atoms with E-state index >= 15 is 0 Å². The number of esters is 4. The first kappa shape index (κ1) is 80.4. The molecule has 2 aliphatic carbocycles. The van der Waals surface area contributed by atoms with Gasteiger partial charge < -0.3 is 56.7 Å². The number of ketones is 1. The minimum atomic E-state index is -3.89. The molecule has 1 atom stereocenters. The fourth-order valence-corrected chi connectivity index (χ4v) is 14.4. The number of hydrogen-bond acceptors (Lipinski definition) is 22. The third-order valence-electron chi connectivity index (χ3n) is 15.0. The summed E-state index contributed by atoms with van der Waals surface area (Å²) in [6.07, 6.45) is 9.38. The van der Waals surface area contributed by atoms with Crippen molar-refractivity contribution in [1.82, 2.24) is 29.2 Å². The van der Waals surface area contributed by atoms with Gasteiger partial charge in [0.15, 0.2) is 11.3 Å². The highest BCUT2D eigenvalue weighted by Crippen LogP contribution is 2.54. The fourth-order valence-electron chi connectivity index (χ4n) is 9.72. The average molecular weight is 1390 g/mol. The molecule has 0 aromatic carbocycles. The molecular formula is C64H111N8O16PSi4. The molecule has 2 saturated carbocycles. The van der Waals surface area contributed by atoms with Gasteiger partial charge >= 0.3 is 31.5 Å². The SMILES string of the molecule is CCOC(=O)C(OC(C)=O)=C1CCC(c2cc(N(COCC[Si](C)(C)C)COCC[Si](C)(C)C)n3nccc3n2)CC1.CCOC(=O)C(OC(C)=O)P(=O)(OCC)OCC.C[Si](C)(C)CCOCN(COCC[Si](C)(C)C)c1cc(C2CCC(=O)CC2)nc2ccnn12. The molecule has 0 bridgehead atoms. The zero-order chi connectivity index (χ0) is 69.2. The Hall–Kier alpha value is -5.01. The van der Waals surface area contributed by atoms with Crippen LogP contribution in [0.4, 0.5) is 11.6 Å². The van der Waals surface area contributed by atoms with Crippen molar-refractivity contribution in [3.63, 3.8) is 0 Å². The number of carbonyl (C=O) groups is 5. The van der Waals surface area contributed by atoms with Crippen LogP contribution in [0.25, 0.3) is 11.3 Å². The van der Waals surface area contributed by atoms with Crippen molar-refractivity contribution in [1.29, 1.82) is 0 Å². The number of allylic oxidation sites excluding steroid dienone is 1. The van der Waals surface area contributed by atoms with Crippen molar-refractivity contribution in [3.8, 4) is 0 Å². The van der Waals surface area contributed by atoms with Crippen LogP contribution in [0.5, 0.6) is 0 Å². The number of carbonyl (C=O) groups excluding carboxylic acids is 5. The van der Waals surface area contributed by atoms with Gasteiger partial charge in [0.25, 0.3) is 5.85 Å². The van der Waals surface area contributed by atoms with Crippen LogP contribution in [-0.2, 0) is 75.5 Å². The molecule has 0 saturated heterocycles. The second kappa shape index (κ2) is 38.7. The van der Waals surface area contributed by atoms with Crippen molar-refractivity contribution in [2.45, 2.75) is 213 Å². The van der Waals surface area contributed by atoms with Crippen LogP contribution in [-0.4, -0.2) is 177 Å². The minimum Gasteiger partial charge on any atom is -0.463 e. The maximum atomic E-state index is 12.5. The van der Waals surface area contributed by atoms with Crippen molar-refractivity contribution >= 4 is 92.5 Å². The molecule has 0 radical (unpaired) electrons. The molecule has 4 heterocycles. The first-order chi connectivity index (χ1) is 43.7. The molecule has 4 aromatic rings. The van der Waals surface area contributed by atoms with Crippen LogP contribution in [0.1, 0.15) is 116 Å². The monoisotopic (exact) mass is 1390 g/mol. The van der Waals surface area contributed by atoms with E-state index in [-0.39, 0.29) is 38.1 Å². The van der Waals surface area contributed by atoms with Crippen LogP contribution in [0.15, 0.2) is 48.0 Å². The molecule has 1 unspecified atom stereocenters. The summed E-state index contributed by atoms with van der Waals surface area (Å²) in [5.74, 6) is -1.79. The van der Waals surface area contributed by atoms with Gasteiger partial charge in [-0.1, -0.05) is 78.6 Å². The predicted molar refractivity (Wildman–Crippen MR) is 373 cm³/mol. The maximum Gasteiger partial charge on any atom is 0.382 e. The highest BCUT2D eigenvalue weighted by atomic mass is 31.2. The van der Waals surface area contributed by atoms with Gasteiger partial charge in [0.1, 0.15) is 44.3 Å². The number of anilines is 2. The van der Waals surface area contributed by atoms with Gasteiger partial charge in [0.05, 0.1) is 38.8 Å². The van der Waals surface area contributed by atoms with Crippen LogP contribution in [0, 0.1) is 0 Å². The molecule has 93 heavy (non-hydrogen) atoms. The third-order valence-corrected chi connectivity index (χ3v) is 24.0. The van der Waals surface area contributed by atoms with Crippen LogP contribution in [0.3, 0.4) is 0 Å². The topological polar surface area (TPSA) is 262 Å². The molecule has 4 aromatic heterocycles. The van der Waals surface area contributed by atoms with Crippen molar-refractivity contribution in [2.75, 3.05) is 89.6 Å². The van der Waals surface area contributed by atoms with E-state index in [2.05, 4.69) is 111 Å². The zero-order valence-electron chi connectivity index (χ0n) is 59.2. The number of ether oxygens (including phenoxy) is 8. The Morgan fingerprint density at radius 3 is 1.27 bits per heavy atom. The van der Waals surface area contributed by atoms with Gasteiger partial charge in [0.2, 0.25) is 5.76 Å². The lowest BCUT2D eigenvalue weighted by Crippen LogP contribution is -2.33. The Kier molecular flexibility index (Phi) is 33.4. The second-order valence-corrected chi connectivity index (χ2v) is 52.7. The number of nitrogens with zero attached hydrogens (tertiary/aromatic N) is 8. The molecule has 0 amide bonds. The molecule has 2 aliphatic rings. The van der Waals surface area contributed by atoms with E-state index in [9.17, 15) is 28.5 Å². The Morgan fingerprint density at radius 2 is 0.935 bits per heavy atom. The summed E-state index contributed by atoms with van der Waals surface area (Å²) in [5, 5.41) is 9.10. The Morgan fingerprint density at radius 1 is 0.559 bits per heavy atom. The number of hydrogen-bond donors (Lipinski definition) is 0. The molecule has 524 valence electrons. The Labute approximate surface area is 556 Å². The molecule has 0 spiro atoms. The summed E-state index contributed by atoms with van der Waals surface area (Å²) in [7, 11) is -8.64. The van der Waals surface area contributed by atoms with Gasteiger partial charge in [-0.3, -0.25) is 18.9 Å². The highest BCUT2D eigenvalue weighted by Gasteiger charge is 2.45. The number of aromatic nitrogens is 6. The van der Waals surface area contributed by atoms with Gasteiger partial charge in [-0.25, -0.2) is 19.6 Å². The quantitative estimate of drug-likeness (QED) is 0.00605. The Bertz CT molecular complexity index is 3010. The number of fused-ring (bicyclic) bond motifs is 2. The Balaban J connectivity index is 0.000000321. The zero-order valence-corrected chi connectivity index (χ0v) is 64.1. The van der Waals surface area contributed by atoms with Gasteiger partial charge in [0, 0.05) is 133 Å². The van der Waals surface area contributed by atoms with Gasteiger partial charge in [-0.15, -0.1) is 0 Å². The van der Waals surface area contributed by atoms with Crippen LogP contribution >= 0.6 is 7.60 Å². The second-order valence-electron chi connectivity index (χ2n) is 28.2. The smallest absolute Gasteiger partial charge is 0.382 e. The van der Waals surface area contributed by atoms with E-state index in [0.717, 1.165) is 110 Å².